The first-order chi connectivity index (χ1) is 13.2. The van der Waals surface area contributed by atoms with Crippen LogP contribution in [-0.4, -0.2) is 65.1 Å². The minimum atomic E-state index is 0.0329. The van der Waals surface area contributed by atoms with Crippen LogP contribution in [0.5, 0.6) is 0 Å². The topological polar surface area (TPSA) is 76.7 Å². The van der Waals surface area contributed by atoms with Gasteiger partial charge in [0.05, 0.1) is 6.61 Å². The third-order valence-corrected chi connectivity index (χ3v) is 5.14. The molecule has 1 saturated carbocycles. The second-order valence-electron chi connectivity index (χ2n) is 7.56. The molecule has 1 aliphatic heterocycles. The summed E-state index contributed by atoms with van der Waals surface area (Å²) in [7, 11) is 2.04. The van der Waals surface area contributed by atoms with Crippen LogP contribution in [0.3, 0.4) is 0 Å². The summed E-state index contributed by atoms with van der Waals surface area (Å²) in [5, 5.41) is 7.81. The Morgan fingerprint density at radius 3 is 3.00 bits per heavy atom. The molecule has 3 rings (SSSR count). The smallest absolute Gasteiger partial charge is 0.345 e. The first-order valence-corrected chi connectivity index (χ1v) is 10.4. The highest BCUT2D eigenvalue weighted by Gasteiger charge is 2.21. The van der Waals surface area contributed by atoms with Crippen molar-refractivity contribution < 1.29 is 4.74 Å². The monoisotopic (exact) mass is 378 g/mol. The highest BCUT2D eigenvalue weighted by Crippen LogP contribution is 2.28. The van der Waals surface area contributed by atoms with E-state index >= 15 is 0 Å². The van der Waals surface area contributed by atoms with Crippen LogP contribution in [0.2, 0.25) is 0 Å². The number of aryl methyl sites for hydroxylation is 2. The van der Waals surface area contributed by atoms with Crippen molar-refractivity contribution in [2.75, 3.05) is 39.9 Å². The van der Waals surface area contributed by atoms with Gasteiger partial charge in [0.1, 0.15) is 5.82 Å². The van der Waals surface area contributed by atoms with E-state index in [-0.39, 0.29) is 5.69 Å². The van der Waals surface area contributed by atoms with Crippen LogP contribution in [-0.2, 0) is 24.2 Å². The normalized spacial score (nSPS) is 17.0. The minimum Gasteiger partial charge on any atom is -0.379 e. The Kier molecular flexibility index (Phi) is 7.32. The molecule has 27 heavy (non-hydrogen) atoms. The number of ether oxygens (including phenoxy) is 1. The molecule has 0 radical (unpaired) electrons. The van der Waals surface area contributed by atoms with Gasteiger partial charge in [0.15, 0.2) is 5.96 Å². The van der Waals surface area contributed by atoms with Gasteiger partial charge in [-0.05, 0) is 44.9 Å². The Bertz CT molecular complexity index is 676. The molecule has 152 valence electrons. The van der Waals surface area contributed by atoms with Crippen LogP contribution in [0.15, 0.2) is 9.79 Å². The molecule has 0 bridgehead atoms. The maximum absolute atomic E-state index is 12.3. The fraction of sp³-hybridized carbons (Fsp3) is 0.842. The standard InChI is InChI=1S/C19H34N6O2/c1-3-20-18(23(2)13-14-27-15-16-8-9-16)21-10-6-12-25-19(26)24-11-5-4-7-17(24)22-25/h16H,3-15H2,1-2H3,(H,20,21). The summed E-state index contributed by atoms with van der Waals surface area (Å²) in [6, 6.07) is 0. The van der Waals surface area contributed by atoms with E-state index in [2.05, 4.69) is 22.2 Å². The largest absolute Gasteiger partial charge is 0.379 e. The van der Waals surface area contributed by atoms with Crippen molar-refractivity contribution in [1.29, 1.82) is 0 Å². The van der Waals surface area contributed by atoms with Crippen molar-refractivity contribution in [3.63, 3.8) is 0 Å². The van der Waals surface area contributed by atoms with Crippen molar-refractivity contribution in [2.24, 2.45) is 10.9 Å². The summed E-state index contributed by atoms with van der Waals surface area (Å²) in [6.45, 7) is 7.45. The molecule has 1 aromatic rings. The number of aromatic nitrogens is 3. The highest BCUT2D eigenvalue weighted by atomic mass is 16.5. The Morgan fingerprint density at radius 2 is 2.26 bits per heavy atom. The maximum atomic E-state index is 12.3. The summed E-state index contributed by atoms with van der Waals surface area (Å²) < 4.78 is 9.16. The van der Waals surface area contributed by atoms with E-state index in [1.807, 2.05) is 11.6 Å². The molecule has 8 nitrogen and oxygen atoms in total. The molecule has 0 aromatic carbocycles. The lowest BCUT2D eigenvalue weighted by atomic mass is 10.2. The average molecular weight is 379 g/mol. The average Bonchev–Trinajstić information content (AvgIpc) is 3.45. The zero-order valence-corrected chi connectivity index (χ0v) is 16.8. The van der Waals surface area contributed by atoms with Crippen molar-refractivity contribution in [3.8, 4) is 0 Å². The maximum Gasteiger partial charge on any atom is 0.345 e. The van der Waals surface area contributed by atoms with E-state index in [1.54, 1.807) is 4.68 Å². The Hall–Kier alpha value is -1.83. The minimum absolute atomic E-state index is 0.0329. The Labute approximate surface area is 161 Å². The van der Waals surface area contributed by atoms with Crippen LogP contribution in [0.4, 0.5) is 0 Å². The van der Waals surface area contributed by atoms with E-state index in [0.717, 1.165) is 76.2 Å². The predicted octanol–water partition coefficient (Wildman–Crippen LogP) is 1.10. The van der Waals surface area contributed by atoms with Gasteiger partial charge in [-0.3, -0.25) is 9.56 Å². The lowest BCUT2D eigenvalue weighted by Crippen LogP contribution is -2.40. The first-order valence-electron chi connectivity index (χ1n) is 10.4. The molecule has 0 atom stereocenters. The van der Waals surface area contributed by atoms with E-state index in [4.69, 9.17) is 9.73 Å². The molecule has 1 aliphatic carbocycles. The molecule has 0 spiro atoms. The third-order valence-electron chi connectivity index (χ3n) is 5.14. The van der Waals surface area contributed by atoms with Gasteiger partial charge in [-0.1, -0.05) is 0 Å². The van der Waals surface area contributed by atoms with Crippen molar-refractivity contribution in [2.45, 2.75) is 58.5 Å². The number of nitrogens with one attached hydrogen (secondary N) is 1. The Balaban J connectivity index is 1.43. The van der Waals surface area contributed by atoms with Crippen LogP contribution in [0.25, 0.3) is 0 Å². The van der Waals surface area contributed by atoms with E-state index in [9.17, 15) is 4.79 Å². The van der Waals surface area contributed by atoms with Gasteiger partial charge >= 0.3 is 5.69 Å². The quantitative estimate of drug-likeness (QED) is 0.375. The molecular formula is C19H34N6O2. The van der Waals surface area contributed by atoms with E-state index in [1.165, 1.54) is 12.8 Å². The number of aliphatic imine (C=N–C) groups is 1. The molecular weight excluding hydrogens is 344 g/mol. The van der Waals surface area contributed by atoms with Crippen molar-refractivity contribution in [1.82, 2.24) is 24.6 Å². The number of rotatable bonds is 10. The van der Waals surface area contributed by atoms with Gasteiger partial charge in [0, 0.05) is 52.8 Å². The van der Waals surface area contributed by atoms with Gasteiger partial charge in [-0.25, -0.2) is 9.48 Å². The van der Waals surface area contributed by atoms with Crippen LogP contribution in [0, 0.1) is 5.92 Å². The molecule has 8 heteroatoms. The van der Waals surface area contributed by atoms with E-state index in [0.29, 0.717) is 13.1 Å². The van der Waals surface area contributed by atoms with Gasteiger partial charge < -0.3 is 15.0 Å². The number of guanidine groups is 1. The van der Waals surface area contributed by atoms with Crippen molar-refractivity contribution >= 4 is 5.96 Å². The number of hydrogen-bond acceptors (Lipinski definition) is 4. The van der Waals surface area contributed by atoms with Crippen LogP contribution in [0.1, 0.15) is 44.9 Å². The van der Waals surface area contributed by atoms with E-state index < -0.39 is 0 Å². The van der Waals surface area contributed by atoms with Crippen LogP contribution < -0.4 is 11.0 Å². The number of likely N-dealkylation sites (N-methyl/N-ethyl adjacent to an activating group) is 1. The molecule has 1 fully saturated rings. The van der Waals surface area contributed by atoms with Crippen molar-refractivity contribution in [3.05, 3.63) is 16.3 Å². The molecule has 2 heterocycles. The summed E-state index contributed by atoms with van der Waals surface area (Å²) in [5.41, 5.74) is 0.0329. The fourth-order valence-corrected chi connectivity index (χ4v) is 3.31. The number of fused-ring (bicyclic) bond motifs is 1. The molecule has 1 aromatic heterocycles. The summed E-state index contributed by atoms with van der Waals surface area (Å²) in [4.78, 5) is 19.1. The summed E-state index contributed by atoms with van der Waals surface area (Å²) >= 11 is 0. The zero-order chi connectivity index (χ0) is 19.1. The highest BCUT2D eigenvalue weighted by molar-refractivity contribution is 5.79. The van der Waals surface area contributed by atoms with Gasteiger partial charge in [-0.2, -0.15) is 5.10 Å². The fourth-order valence-electron chi connectivity index (χ4n) is 3.31. The van der Waals surface area contributed by atoms with Crippen LogP contribution >= 0.6 is 0 Å². The Morgan fingerprint density at radius 1 is 1.41 bits per heavy atom. The lowest BCUT2D eigenvalue weighted by Gasteiger charge is -2.22. The second-order valence-corrected chi connectivity index (χ2v) is 7.56. The third kappa shape index (κ3) is 5.82. The molecule has 0 unspecified atom stereocenters. The number of nitrogens with zero attached hydrogens (tertiary/aromatic N) is 5. The zero-order valence-electron chi connectivity index (χ0n) is 16.8. The second kappa shape index (κ2) is 9.92. The van der Waals surface area contributed by atoms with Gasteiger partial charge in [-0.15, -0.1) is 0 Å². The summed E-state index contributed by atoms with van der Waals surface area (Å²) in [6.07, 6.45) is 6.57. The number of hydrogen-bond donors (Lipinski definition) is 1. The summed E-state index contributed by atoms with van der Waals surface area (Å²) in [5.74, 6) is 2.63. The SMILES string of the molecule is CCNC(=NCCCn1nc2n(c1=O)CCCC2)N(C)CCOCC1CC1. The molecule has 0 amide bonds. The first kappa shape index (κ1) is 19.9. The lowest BCUT2D eigenvalue weighted by molar-refractivity contribution is 0.115. The van der Waals surface area contributed by atoms with Gasteiger partial charge in [0.2, 0.25) is 0 Å². The molecule has 1 N–H and O–H groups in total. The predicted molar refractivity (Wildman–Crippen MR) is 106 cm³/mol. The van der Waals surface area contributed by atoms with Gasteiger partial charge in [0.25, 0.3) is 0 Å². The molecule has 2 aliphatic rings. The molecule has 0 saturated heterocycles.